The molecule has 2 aromatic carbocycles. The Morgan fingerprint density at radius 3 is 1.97 bits per heavy atom. The van der Waals surface area contributed by atoms with Crippen LogP contribution in [0.4, 0.5) is 0 Å². The van der Waals surface area contributed by atoms with E-state index in [4.69, 9.17) is 13.6 Å². The molecule has 2 heterocycles. The smallest absolute Gasteiger partial charge is 0.543 e. The van der Waals surface area contributed by atoms with Crippen molar-refractivity contribution in [3.05, 3.63) is 72.1 Å². The van der Waals surface area contributed by atoms with E-state index >= 15 is 0 Å². The number of phosphoric acid groups is 1. The molecule has 0 unspecified atom stereocenters. The average Bonchev–Trinajstić information content (AvgIpc) is 2.97. The van der Waals surface area contributed by atoms with Gasteiger partial charge in [0.1, 0.15) is 23.0 Å². The predicted octanol–water partition coefficient (Wildman–Crippen LogP) is 2.09. The molecule has 32 heavy (non-hydrogen) atoms. The predicted molar refractivity (Wildman–Crippen MR) is 110 cm³/mol. The fourth-order valence-electron chi connectivity index (χ4n) is 4.03. The molecular weight excluding hydrogens is 437 g/mol. The van der Waals surface area contributed by atoms with Crippen molar-refractivity contribution in [3.8, 4) is 11.5 Å². The summed E-state index contributed by atoms with van der Waals surface area (Å²) in [6.45, 7) is 3.06. The molecule has 0 aromatic heterocycles. The van der Waals surface area contributed by atoms with Gasteiger partial charge in [-0.15, -0.1) is 0 Å². The number of nitrogens with zero attached hydrogens (tertiary/aromatic N) is 1. The molecule has 1 fully saturated rings. The Bertz CT molecular complexity index is 1060. The molecule has 1 saturated heterocycles. The number of aliphatic hydroxyl groups is 1. The zero-order chi connectivity index (χ0) is 23.0. The van der Waals surface area contributed by atoms with Crippen LogP contribution in [0.15, 0.2) is 72.1 Å². The molecule has 168 valence electrons. The van der Waals surface area contributed by atoms with E-state index < -0.39 is 49.4 Å². The van der Waals surface area contributed by atoms with E-state index in [2.05, 4.69) is 0 Å². The molecule has 0 bridgehead atoms. The highest BCUT2D eigenvalue weighted by Gasteiger charge is 2.60. The summed E-state index contributed by atoms with van der Waals surface area (Å²) in [6, 6.07) is 15.6. The van der Waals surface area contributed by atoms with Crippen LogP contribution in [0.1, 0.15) is 13.8 Å². The van der Waals surface area contributed by atoms with Crippen molar-refractivity contribution in [2.45, 2.75) is 26.0 Å². The van der Waals surface area contributed by atoms with E-state index in [1.54, 1.807) is 43.3 Å². The Kier molecular flexibility index (Phi) is 5.71. The molecule has 0 aliphatic carbocycles. The number of fused-ring (bicyclic) bond motifs is 1. The third-order valence-electron chi connectivity index (χ3n) is 5.43. The van der Waals surface area contributed by atoms with Crippen molar-refractivity contribution in [1.29, 1.82) is 0 Å². The number of carboxylic acid groups (broad SMARTS) is 1. The summed E-state index contributed by atoms with van der Waals surface area (Å²) in [5.41, 5.74) is -0.544. The van der Waals surface area contributed by atoms with Crippen LogP contribution in [0.3, 0.4) is 0 Å². The molecule has 4 rings (SSSR count). The maximum atomic E-state index is 13.7. The van der Waals surface area contributed by atoms with Crippen LogP contribution < -0.4 is 14.2 Å². The molecule has 1 N–H and O–H groups in total. The average molecular weight is 458 g/mol. The second kappa shape index (κ2) is 8.33. The second-order valence-corrected chi connectivity index (χ2v) is 9.04. The van der Waals surface area contributed by atoms with Crippen molar-refractivity contribution in [2.24, 2.45) is 11.8 Å². The summed E-state index contributed by atoms with van der Waals surface area (Å²) in [6.07, 6.45) is -0.999. The van der Waals surface area contributed by atoms with Crippen molar-refractivity contribution in [2.75, 3.05) is 0 Å². The summed E-state index contributed by atoms with van der Waals surface area (Å²) in [5, 5.41) is 21.9. The highest BCUT2D eigenvalue weighted by molar-refractivity contribution is 7.49. The summed E-state index contributed by atoms with van der Waals surface area (Å²) >= 11 is 0. The number of rotatable bonds is 8. The zero-order valence-corrected chi connectivity index (χ0v) is 18.2. The first-order valence-electron chi connectivity index (χ1n) is 9.97. The lowest BCUT2D eigenvalue weighted by molar-refractivity contribution is -0.301. The Balaban J connectivity index is 1.71. The lowest BCUT2D eigenvalue weighted by atomic mass is 9.79. The molecule has 4 atom stereocenters. The Morgan fingerprint density at radius 1 is 1.03 bits per heavy atom. The van der Waals surface area contributed by atoms with Crippen LogP contribution in [0.5, 0.6) is 11.5 Å². The van der Waals surface area contributed by atoms with Gasteiger partial charge in [0.15, 0.2) is 0 Å². The standard InChI is InChI=1S/C22H22NO8P/c1-13-18-17(14(2)24)21(25)23(18)19(22(26)27)20(13)31-32(28,29-15-9-5-3-6-10-15)30-16-11-7-4-8-12-16/h3-14,17-18,24H,1-2H3,(H,26,27)/p-1/t13-,14-,17-,18-/m1/s1. The Labute approximate surface area is 184 Å². The van der Waals surface area contributed by atoms with Gasteiger partial charge < -0.3 is 33.5 Å². The van der Waals surface area contributed by atoms with Crippen molar-refractivity contribution < 1.29 is 37.9 Å². The van der Waals surface area contributed by atoms with Crippen LogP contribution in [0.25, 0.3) is 0 Å². The highest BCUT2D eigenvalue weighted by Crippen LogP contribution is 2.56. The van der Waals surface area contributed by atoms with Crippen molar-refractivity contribution >= 4 is 19.7 Å². The first-order chi connectivity index (χ1) is 15.2. The number of carbonyl (C=O) groups excluding carboxylic acids is 2. The van der Waals surface area contributed by atoms with Gasteiger partial charge in [0.05, 0.1) is 24.0 Å². The summed E-state index contributed by atoms with van der Waals surface area (Å²) in [7, 11) is -4.46. The number of hydrogen-bond acceptors (Lipinski definition) is 8. The summed E-state index contributed by atoms with van der Waals surface area (Å²) < 4.78 is 30.4. The summed E-state index contributed by atoms with van der Waals surface area (Å²) in [5.74, 6) is -3.67. The van der Waals surface area contributed by atoms with Gasteiger partial charge in [0.2, 0.25) is 5.91 Å². The lowest BCUT2D eigenvalue weighted by Crippen LogP contribution is -2.64. The van der Waals surface area contributed by atoms with E-state index in [9.17, 15) is 24.4 Å². The number of carbonyl (C=O) groups is 2. The minimum absolute atomic E-state index is 0.175. The molecule has 2 aliphatic heterocycles. The third kappa shape index (κ3) is 3.85. The van der Waals surface area contributed by atoms with Crippen LogP contribution in [-0.2, 0) is 18.7 Å². The quantitative estimate of drug-likeness (QED) is 0.471. The van der Waals surface area contributed by atoms with Crippen LogP contribution in [0, 0.1) is 11.8 Å². The normalized spacial score (nSPS) is 23.3. The topological polar surface area (TPSA) is 125 Å². The van der Waals surface area contributed by atoms with Crippen LogP contribution in [-0.4, -0.2) is 34.0 Å². The van der Waals surface area contributed by atoms with Gasteiger partial charge in [0.25, 0.3) is 0 Å². The number of para-hydroxylation sites is 2. The Hall–Kier alpha value is -3.29. The first kappa shape index (κ1) is 21.9. The van der Waals surface area contributed by atoms with Gasteiger partial charge in [-0.05, 0) is 31.2 Å². The molecule has 10 heteroatoms. The monoisotopic (exact) mass is 458 g/mol. The second-order valence-electron chi connectivity index (χ2n) is 7.60. The van der Waals surface area contributed by atoms with E-state index in [0.717, 1.165) is 4.90 Å². The minimum atomic E-state index is -4.46. The lowest BCUT2D eigenvalue weighted by Gasteiger charge is -2.46. The van der Waals surface area contributed by atoms with E-state index in [1.807, 2.05) is 0 Å². The number of hydrogen-bond donors (Lipinski definition) is 1. The maximum absolute atomic E-state index is 13.7. The minimum Gasteiger partial charge on any atom is -0.543 e. The molecule has 2 aromatic rings. The van der Waals surface area contributed by atoms with Gasteiger partial charge >= 0.3 is 7.82 Å². The Morgan fingerprint density at radius 2 is 1.53 bits per heavy atom. The molecule has 2 aliphatic rings. The van der Waals surface area contributed by atoms with E-state index in [0.29, 0.717) is 0 Å². The van der Waals surface area contributed by atoms with Gasteiger partial charge in [0, 0.05) is 5.92 Å². The molecule has 0 saturated carbocycles. The van der Waals surface area contributed by atoms with Gasteiger partial charge in [-0.3, -0.25) is 4.79 Å². The number of β-lactam (4-membered cyclic amide) rings is 1. The summed E-state index contributed by atoms with van der Waals surface area (Å²) in [4.78, 5) is 25.4. The van der Waals surface area contributed by atoms with Gasteiger partial charge in [-0.1, -0.05) is 43.3 Å². The van der Waals surface area contributed by atoms with Crippen molar-refractivity contribution in [3.63, 3.8) is 0 Å². The molecule has 1 amide bonds. The molecule has 0 spiro atoms. The van der Waals surface area contributed by atoms with Gasteiger partial charge in [-0.25, -0.2) is 0 Å². The number of aliphatic carboxylic acids is 1. The van der Waals surface area contributed by atoms with E-state index in [1.165, 1.54) is 31.2 Å². The fourth-order valence-corrected chi connectivity index (χ4v) is 5.39. The number of aliphatic hydroxyl groups excluding tert-OH is 1. The number of amides is 1. The van der Waals surface area contributed by atoms with Crippen LogP contribution >= 0.6 is 7.82 Å². The number of carboxylic acids is 1. The molecule has 9 nitrogen and oxygen atoms in total. The third-order valence-corrected chi connectivity index (χ3v) is 6.72. The van der Waals surface area contributed by atoms with Gasteiger partial charge in [-0.2, -0.15) is 4.57 Å². The maximum Gasteiger partial charge on any atom is 0.646 e. The highest BCUT2D eigenvalue weighted by atomic mass is 31.2. The van der Waals surface area contributed by atoms with E-state index in [-0.39, 0.29) is 17.3 Å². The molecular formula is C22H21NO8P-. The number of phosphoric ester groups is 1. The number of benzene rings is 2. The largest absolute Gasteiger partial charge is 0.646 e. The zero-order valence-electron chi connectivity index (χ0n) is 17.3. The van der Waals surface area contributed by atoms with Crippen LogP contribution in [0.2, 0.25) is 0 Å². The SMILES string of the molecule is C[C@@H](O)[C@H]1C(=O)N2C(C(=O)[O-])=C(OP(=O)(Oc3ccccc3)Oc3ccccc3)[C@H](C)[C@H]12. The van der Waals surface area contributed by atoms with Crippen molar-refractivity contribution in [1.82, 2.24) is 4.90 Å². The first-order valence-corrected chi connectivity index (χ1v) is 11.4. The molecule has 0 radical (unpaired) electrons. The fraction of sp³-hybridized carbons (Fsp3) is 0.273.